The van der Waals surface area contributed by atoms with Crippen molar-refractivity contribution >= 4 is 8.56 Å². The minimum atomic E-state index is -2.31. The van der Waals surface area contributed by atoms with E-state index < -0.39 is 8.56 Å². The third-order valence-corrected chi connectivity index (χ3v) is 6.39. The van der Waals surface area contributed by atoms with E-state index in [-0.39, 0.29) is 5.67 Å². The third-order valence-electron chi connectivity index (χ3n) is 2.55. The fraction of sp³-hybridized carbons (Fsp3) is 0.600. The van der Waals surface area contributed by atoms with Gasteiger partial charge < -0.3 is 8.85 Å². The molecule has 0 aliphatic rings. The minimum Gasteiger partial charge on any atom is -0.396 e. The molecule has 0 aliphatic heterocycles. The Bertz CT molecular complexity index is 199. The summed E-state index contributed by atoms with van der Waals surface area (Å²) in [7, 11) is 1.02. The van der Waals surface area contributed by atoms with Crippen molar-refractivity contribution in [2.45, 2.75) is 18.6 Å². The highest BCUT2D eigenvalue weighted by molar-refractivity contribution is 6.69. The molecule has 15 heavy (non-hydrogen) atoms. The van der Waals surface area contributed by atoms with Gasteiger partial charge in [-0.25, -0.2) is 5.01 Å². The van der Waals surface area contributed by atoms with Gasteiger partial charge in [0.2, 0.25) is 0 Å². The molecule has 2 N–H and O–H groups in total. The number of nitrogens with zero attached hydrogens (tertiary/aromatic N) is 1. The van der Waals surface area contributed by atoms with E-state index in [1.807, 2.05) is 6.92 Å². The number of hydrogen-bond donors (Lipinski definition) is 1. The Morgan fingerprint density at radius 2 is 1.93 bits per heavy atom. The first-order valence-electron chi connectivity index (χ1n) is 4.96. The van der Waals surface area contributed by atoms with Crippen molar-refractivity contribution in [3.8, 4) is 0 Å². The third kappa shape index (κ3) is 3.25. The molecule has 0 rings (SSSR count). The molecule has 0 aromatic carbocycles. The number of nitrogens with two attached hydrogens (primary N) is 1. The molecule has 0 amide bonds. The molecule has 1 unspecified atom stereocenters. The van der Waals surface area contributed by atoms with Crippen molar-refractivity contribution in [1.29, 1.82) is 0 Å². The predicted molar refractivity (Wildman–Crippen MR) is 65.3 cm³/mol. The molecule has 4 nitrogen and oxygen atoms in total. The summed E-state index contributed by atoms with van der Waals surface area (Å²) in [6.45, 7) is 10.1. The molecule has 0 spiro atoms. The average Bonchev–Trinajstić information content (AvgIpc) is 2.26. The minimum absolute atomic E-state index is 0.0736. The molecular formula is C10H22N2O2Si. The second-order valence-corrected chi connectivity index (χ2v) is 6.98. The van der Waals surface area contributed by atoms with Gasteiger partial charge in [-0.2, -0.15) is 0 Å². The van der Waals surface area contributed by atoms with E-state index in [1.54, 1.807) is 31.4 Å². The molecule has 0 bridgehead atoms. The summed E-state index contributed by atoms with van der Waals surface area (Å²) in [6.07, 6.45) is 3.53. The van der Waals surface area contributed by atoms with Crippen LogP contribution >= 0.6 is 0 Å². The van der Waals surface area contributed by atoms with Crippen molar-refractivity contribution in [2.75, 3.05) is 20.8 Å². The summed E-state index contributed by atoms with van der Waals surface area (Å²) >= 11 is 0. The van der Waals surface area contributed by atoms with E-state index in [4.69, 9.17) is 14.7 Å². The largest absolute Gasteiger partial charge is 0.396 e. The van der Waals surface area contributed by atoms with Crippen LogP contribution < -0.4 is 5.84 Å². The van der Waals surface area contributed by atoms with Gasteiger partial charge in [-0.1, -0.05) is 19.1 Å². The van der Waals surface area contributed by atoms with Gasteiger partial charge in [-0.05, 0) is 6.04 Å². The fourth-order valence-corrected chi connectivity index (χ4v) is 4.27. The van der Waals surface area contributed by atoms with Crippen molar-refractivity contribution in [2.24, 2.45) is 5.84 Å². The van der Waals surface area contributed by atoms with E-state index in [0.717, 1.165) is 6.04 Å². The highest BCUT2D eigenvalue weighted by atomic mass is 28.4. The van der Waals surface area contributed by atoms with Crippen LogP contribution in [0.4, 0.5) is 0 Å². The fourth-order valence-electron chi connectivity index (χ4n) is 1.65. The summed E-state index contributed by atoms with van der Waals surface area (Å²) in [5, 5.41) is 1.66. The molecule has 0 fully saturated rings. The lowest BCUT2D eigenvalue weighted by Gasteiger charge is -2.37. The normalized spacial score (nSPS) is 13.9. The second kappa shape index (κ2) is 6.92. The van der Waals surface area contributed by atoms with E-state index in [1.165, 1.54) is 0 Å². The Balaban J connectivity index is 4.87. The van der Waals surface area contributed by atoms with Crippen LogP contribution in [-0.4, -0.2) is 40.0 Å². The van der Waals surface area contributed by atoms with Crippen LogP contribution in [-0.2, 0) is 8.85 Å². The van der Waals surface area contributed by atoms with Gasteiger partial charge in [0, 0.05) is 20.8 Å². The first-order chi connectivity index (χ1) is 7.11. The first-order valence-corrected chi connectivity index (χ1v) is 7.07. The molecule has 0 aliphatic carbocycles. The summed E-state index contributed by atoms with van der Waals surface area (Å²) in [5.41, 5.74) is -0.0736. The molecule has 5 heteroatoms. The molecule has 0 saturated heterocycles. The Hall–Kier alpha value is -0.463. The number of hydrogen-bond acceptors (Lipinski definition) is 4. The predicted octanol–water partition coefficient (Wildman–Crippen LogP) is 1.20. The maximum Gasteiger partial charge on any atom is 0.360 e. The quantitative estimate of drug-likeness (QED) is 0.294. The zero-order valence-corrected chi connectivity index (χ0v) is 10.9. The molecule has 0 heterocycles. The van der Waals surface area contributed by atoms with E-state index in [9.17, 15) is 0 Å². The SMILES string of the molecule is C=CCN(N)C(C=C)[Si](CC)(OC)OC. The lowest BCUT2D eigenvalue weighted by Crippen LogP contribution is -2.60. The lowest BCUT2D eigenvalue weighted by molar-refractivity contribution is 0.187. The molecule has 0 saturated carbocycles. The van der Waals surface area contributed by atoms with E-state index in [2.05, 4.69) is 13.2 Å². The summed E-state index contributed by atoms with van der Waals surface area (Å²) in [4.78, 5) is 0. The van der Waals surface area contributed by atoms with Crippen molar-refractivity contribution in [3.05, 3.63) is 25.3 Å². The van der Waals surface area contributed by atoms with Crippen molar-refractivity contribution in [1.82, 2.24) is 5.01 Å². The summed E-state index contributed by atoms with van der Waals surface area (Å²) in [6, 6.07) is 0.821. The maximum absolute atomic E-state index is 5.92. The number of hydrazine groups is 1. The van der Waals surface area contributed by atoms with Crippen LogP contribution in [0.1, 0.15) is 6.92 Å². The first kappa shape index (κ1) is 14.5. The molecule has 1 atom stereocenters. The Labute approximate surface area is 93.6 Å². The van der Waals surface area contributed by atoms with Crippen LogP contribution in [0.15, 0.2) is 25.3 Å². The maximum atomic E-state index is 5.92. The van der Waals surface area contributed by atoms with Gasteiger partial charge in [0.05, 0.1) is 5.67 Å². The van der Waals surface area contributed by atoms with E-state index in [0.29, 0.717) is 6.54 Å². The topological polar surface area (TPSA) is 47.7 Å². The van der Waals surface area contributed by atoms with Gasteiger partial charge >= 0.3 is 8.56 Å². The molecule has 88 valence electrons. The summed E-state index contributed by atoms with van der Waals surface area (Å²) < 4.78 is 11.1. The smallest absolute Gasteiger partial charge is 0.360 e. The molecule has 0 aromatic heterocycles. The van der Waals surface area contributed by atoms with Gasteiger partial charge in [0.15, 0.2) is 0 Å². The highest BCUT2D eigenvalue weighted by Gasteiger charge is 2.43. The van der Waals surface area contributed by atoms with Crippen LogP contribution in [0.25, 0.3) is 0 Å². The zero-order chi connectivity index (χ0) is 11.9. The van der Waals surface area contributed by atoms with Crippen LogP contribution in [0.2, 0.25) is 6.04 Å². The zero-order valence-electron chi connectivity index (χ0n) is 9.90. The molecule has 0 aromatic rings. The van der Waals surface area contributed by atoms with Crippen molar-refractivity contribution < 1.29 is 8.85 Å². The summed E-state index contributed by atoms with van der Waals surface area (Å²) in [5.74, 6) is 5.92. The van der Waals surface area contributed by atoms with Gasteiger partial charge in [0.1, 0.15) is 0 Å². The highest BCUT2D eigenvalue weighted by Crippen LogP contribution is 2.20. The monoisotopic (exact) mass is 230 g/mol. The standard InChI is InChI=1S/C10H22N2O2Si/c1-6-9-12(11)10(7-2)15(8-3,13-4)14-5/h6-7,10H,1-2,8-9,11H2,3-5H3. The van der Waals surface area contributed by atoms with Crippen LogP contribution in [0.3, 0.4) is 0 Å². The van der Waals surface area contributed by atoms with Crippen molar-refractivity contribution in [3.63, 3.8) is 0 Å². The van der Waals surface area contributed by atoms with Crippen LogP contribution in [0, 0.1) is 0 Å². The van der Waals surface area contributed by atoms with E-state index >= 15 is 0 Å². The average molecular weight is 230 g/mol. The Morgan fingerprint density at radius 3 is 2.20 bits per heavy atom. The van der Waals surface area contributed by atoms with Gasteiger partial charge in [0.25, 0.3) is 0 Å². The Kier molecular flexibility index (Phi) is 6.70. The number of rotatable bonds is 8. The van der Waals surface area contributed by atoms with Gasteiger partial charge in [-0.15, -0.1) is 13.2 Å². The lowest BCUT2D eigenvalue weighted by atomic mass is 10.5. The second-order valence-electron chi connectivity index (χ2n) is 3.24. The van der Waals surface area contributed by atoms with Gasteiger partial charge in [-0.3, -0.25) is 5.84 Å². The molecular weight excluding hydrogens is 208 g/mol. The van der Waals surface area contributed by atoms with Crippen LogP contribution in [0.5, 0.6) is 0 Å². The Morgan fingerprint density at radius 1 is 1.40 bits per heavy atom. The molecule has 0 radical (unpaired) electrons.